The number of aryl methyl sites for hydroxylation is 2. The lowest BCUT2D eigenvalue weighted by molar-refractivity contribution is 0.0729. The van der Waals surface area contributed by atoms with Gasteiger partial charge >= 0.3 is 5.97 Å². The van der Waals surface area contributed by atoms with Crippen LogP contribution in [0.1, 0.15) is 52.6 Å². The molecule has 0 radical (unpaired) electrons. The molecule has 6 heterocycles. The van der Waals surface area contributed by atoms with E-state index in [1.165, 1.54) is 18.2 Å². The summed E-state index contributed by atoms with van der Waals surface area (Å²) in [5.74, 6) is -1.09. The van der Waals surface area contributed by atoms with Crippen molar-refractivity contribution >= 4 is 57.7 Å². The van der Waals surface area contributed by atoms with Crippen LogP contribution in [0.5, 0.6) is 17.2 Å². The molecule has 0 aliphatic carbocycles. The quantitative estimate of drug-likeness (QED) is 0.0743. The van der Waals surface area contributed by atoms with Crippen molar-refractivity contribution in [3.05, 3.63) is 173 Å². The summed E-state index contributed by atoms with van der Waals surface area (Å²) in [5.41, 5.74) is 7.44. The number of nitrogens with zero attached hydrogens (tertiary/aromatic N) is 5. The first-order valence-electron chi connectivity index (χ1n) is 20.7. The Kier molecular flexibility index (Phi) is 10.2. The van der Waals surface area contributed by atoms with Crippen molar-refractivity contribution in [2.45, 2.75) is 0 Å². The predicted octanol–water partition coefficient (Wildman–Crippen LogP) is 8.96. The molecular weight excluding hydrogens is 823 g/mol. The van der Waals surface area contributed by atoms with Gasteiger partial charge in [0.25, 0.3) is 5.91 Å². The fraction of sp³-hybridized carbons (Fsp3) is 0.115. The topological polar surface area (TPSA) is 144 Å². The van der Waals surface area contributed by atoms with Crippen molar-refractivity contribution in [2.24, 2.45) is 14.1 Å². The fourth-order valence-electron chi connectivity index (χ4n) is 8.38. The molecule has 4 aromatic carbocycles. The summed E-state index contributed by atoms with van der Waals surface area (Å²) >= 11 is 0. The van der Waals surface area contributed by atoms with Crippen LogP contribution in [0.15, 0.2) is 139 Å². The van der Waals surface area contributed by atoms with Crippen LogP contribution in [-0.2, 0) is 18.8 Å². The smallest absolute Gasteiger partial charge is 0.343 e. The number of rotatable bonds is 10. The first kappa shape index (κ1) is 40.6. The highest BCUT2D eigenvalue weighted by atomic mass is 16.5. The highest BCUT2D eigenvalue weighted by Crippen LogP contribution is 2.41. The predicted molar refractivity (Wildman–Crippen MR) is 245 cm³/mol. The molecule has 320 valence electrons. The van der Waals surface area contributed by atoms with Crippen molar-refractivity contribution < 1.29 is 38.1 Å². The molecule has 2 aliphatic heterocycles. The van der Waals surface area contributed by atoms with E-state index in [1.54, 1.807) is 73.9 Å². The Hall–Kier alpha value is -8.42. The molecule has 0 fully saturated rings. The van der Waals surface area contributed by atoms with Crippen LogP contribution in [0, 0.1) is 0 Å². The number of esters is 1. The Morgan fingerprint density at radius 3 is 1.92 bits per heavy atom. The van der Waals surface area contributed by atoms with Crippen LogP contribution in [0.2, 0.25) is 0 Å². The molecule has 10 rings (SSSR count). The van der Waals surface area contributed by atoms with Gasteiger partial charge in [-0.2, -0.15) is 0 Å². The number of aromatic nitrogens is 4. The number of fused-ring (bicyclic) bond motifs is 4. The van der Waals surface area contributed by atoms with Gasteiger partial charge in [0.2, 0.25) is 11.6 Å². The number of ether oxygens (including phenoxy) is 4. The number of carbonyl (C=O) groups excluding carboxylic acids is 4. The number of carbonyl (C=O) groups is 4. The molecule has 0 atom stereocenters. The largest absolute Gasteiger partial charge is 0.452 e. The number of pyridine rings is 2. The summed E-state index contributed by atoms with van der Waals surface area (Å²) in [4.78, 5) is 65.5. The summed E-state index contributed by atoms with van der Waals surface area (Å²) in [6, 6.07) is 30.4. The van der Waals surface area contributed by atoms with E-state index < -0.39 is 17.5 Å². The third-order valence-electron chi connectivity index (χ3n) is 11.6. The number of allylic oxidation sites excluding steroid dienone is 2. The normalized spacial score (nSPS) is 14.2. The maximum atomic E-state index is 14.1. The van der Waals surface area contributed by atoms with Crippen molar-refractivity contribution in [3.8, 4) is 39.5 Å². The van der Waals surface area contributed by atoms with Crippen molar-refractivity contribution in [1.82, 2.24) is 24.0 Å². The number of hydrogen-bond acceptors (Lipinski definition) is 10. The molecule has 0 saturated carbocycles. The molecule has 0 spiro atoms. The molecule has 4 aromatic heterocycles. The summed E-state index contributed by atoms with van der Waals surface area (Å²) in [7, 11) is 7.09. The number of likely N-dealkylation sites (N-methyl/N-ethyl adjacent to an activating group) is 1. The molecule has 2 aliphatic rings. The number of Topliss-reactive ketones (excluding diaryl/α,β-unsaturated/α-hetero) is 2. The number of hydrogen-bond donors (Lipinski definition) is 0. The van der Waals surface area contributed by atoms with E-state index in [1.807, 2.05) is 90.2 Å². The van der Waals surface area contributed by atoms with Crippen LogP contribution in [-0.4, -0.2) is 74.8 Å². The Morgan fingerprint density at radius 2 is 1.28 bits per heavy atom. The molecule has 8 aromatic rings. The Balaban J connectivity index is 0.898. The van der Waals surface area contributed by atoms with Gasteiger partial charge in [0.15, 0.2) is 11.5 Å². The van der Waals surface area contributed by atoms with Gasteiger partial charge in [-0.05, 0) is 89.0 Å². The molecular formula is C52H39N5O8. The monoisotopic (exact) mass is 861 g/mol. The molecule has 0 unspecified atom stereocenters. The zero-order chi connectivity index (χ0) is 44.9. The highest BCUT2D eigenvalue weighted by Gasteiger charge is 2.34. The summed E-state index contributed by atoms with van der Waals surface area (Å²) < 4.78 is 26.9. The zero-order valence-electron chi connectivity index (χ0n) is 35.7. The lowest BCUT2D eigenvalue weighted by atomic mass is 9.99. The maximum Gasteiger partial charge on any atom is 0.343 e. The van der Waals surface area contributed by atoms with Crippen LogP contribution in [0.25, 0.3) is 56.5 Å². The average molecular weight is 862 g/mol. The highest BCUT2D eigenvalue weighted by molar-refractivity contribution is 6.18. The Labute approximate surface area is 372 Å². The third kappa shape index (κ3) is 7.23. The molecule has 0 N–H and O–H groups in total. The number of ketones is 2. The first-order valence-corrected chi connectivity index (χ1v) is 20.7. The van der Waals surface area contributed by atoms with Gasteiger partial charge in [-0.25, -0.2) is 14.8 Å². The average Bonchev–Trinajstić information content (AvgIpc) is 4.04. The van der Waals surface area contributed by atoms with E-state index in [0.717, 1.165) is 44.2 Å². The lowest BCUT2D eigenvalue weighted by Gasteiger charge is -2.16. The van der Waals surface area contributed by atoms with Crippen LogP contribution in [0.3, 0.4) is 0 Å². The van der Waals surface area contributed by atoms with Gasteiger partial charge in [0.1, 0.15) is 34.1 Å². The van der Waals surface area contributed by atoms with Gasteiger partial charge in [-0.1, -0.05) is 48.5 Å². The van der Waals surface area contributed by atoms with E-state index in [2.05, 4.69) is 9.97 Å². The maximum absolute atomic E-state index is 14.1. The summed E-state index contributed by atoms with van der Waals surface area (Å²) in [6.07, 6.45) is 10.6. The Bertz CT molecular complexity index is 3340. The molecule has 0 saturated heterocycles. The van der Waals surface area contributed by atoms with Gasteiger partial charge in [-0.3, -0.25) is 14.4 Å². The van der Waals surface area contributed by atoms with Crippen LogP contribution >= 0.6 is 0 Å². The Morgan fingerprint density at radius 1 is 0.677 bits per heavy atom. The number of amides is 1. The minimum absolute atomic E-state index is 0.00567. The molecule has 13 heteroatoms. The molecule has 65 heavy (non-hydrogen) atoms. The number of methoxy groups -OCH3 is 1. The summed E-state index contributed by atoms with van der Waals surface area (Å²) in [5, 5.41) is 1.65. The van der Waals surface area contributed by atoms with Crippen LogP contribution in [0.4, 0.5) is 0 Å². The number of benzene rings is 4. The molecule has 0 bridgehead atoms. The second-order valence-electron chi connectivity index (χ2n) is 15.8. The van der Waals surface area contributed by atoms with Gasteiger partial charge in [0, 0.05) is 87.0 Å². The van der Waals surface area contributed by atoms with E-state index in [0.29, 0.717) is 35.7 Å². The van der Waals surface area contributed by atoms with Gasteiger partial charge in [-0.15, -0.1) is 0 Å². The standard InChI is InChI=1S/C52H39N5O8/c1-55(23-24-62-4)51(60)32-15-13-31(14-16-32)37-20-22-54-50-45(37)35(29-57(50)3)27-43-48(59)46-40(64-43)11-8-12-41(46)65-52(61)33-17-18-39-38(25-33)47(58)42(63-39)26-34-28-56(2)49-44(34)36(19-21-53-49)30-9-6-5-7-10-30/h5-22,25-29H,23-24H2,1-4H3. The second kappa shape index (κ2) is 16.4. The fourth-order valence-corrected chi connectivity index (χ4v) is 8.38. The van der Waals surface area contributed by atoms with E-state index in [4.69, 9.17) is 18.9 Å². The van der Waals surface area contributed by atoms with Crippen LogP contribution < -0.4 is 14.2 Å². The van der Waals surface area contributed by atoms with Gasteiger partial charge in [0.05, 0.1) is 17.7 Å². The van der Waals surface area contributed by atoms with Crippen molar-refractivity contribution in [2.75, 3.05) is 27.3 Å². The van der Waals surface area contributed by atoms with Gasteiger partial charge < -0.3 is 33.0 Å². The molecule has 1 amide bonds. The SMILES string of the molecule is COCCN(C)C(=O)c1ccc(-c2ccnc3c2c(C=C2Oc4cccc(OC(=O)c5ccc6c(c5)C(=O)C(=Cc5cn(C)c7nccc(-c8ccccc8)c57)O6)c4C2=O)cn3C)cc1. The lowest BCUT2D eigenvalue weighted by Crippen LogP contribution is -2.29. The first-order chi connectivity index (χ1) is 31.6. The van der Waals surface area contributed by atoms with Crippen molar-refractivity contribution in [3.63, 3.8) is 0 Å². The minimum atomic E-state index is -0.775. The third-order valence-corrected chi connectivity index (χ3v) is 11.6. The van der Waals surface area contributed by atoms with E-state index in [9.17, 15) is 19.2 Å². The van der Waals surface area contributed by atoms with Crippen molar-refractivity contribution in [1.29, 1.82) is 0 Å². The minimum Gasteiger partial charge on any atom is -0.452 e. The second-order valence-corrected chi connectivity index (χ2v) is 15.8. The molecule has 13 nitrogen and oxygen atoms in total. The summed E-state index contributed by atoms with van der Waals surface area (Å²) in [6.45, 7) is 0.900. The van der Waals surface area contributed by atoms with E-state index in [-0.39, 0.29) is 45.6 Å². The zero-order valence-corrected chi connectivity index (χ0v) is 35.7. The van der Waals surface area contributed by atoms with E-state index >= 15 is 0 Å².